The van der Waals surface area contributed by atoms with Crippen molar-refractivity contribution in [2.75, 3.05) is 92.0 Å². The van der Waals surface area contributed by atoms with E-state index in [4.69, 9.17) is 44.9 Å². The molecule has 0 aliphatic carbocycles. The molecule has 0 bridgehead atoms. The highest BCUT2D eigenvalue weighted by Gasteiger charge is 2.21. The Hall–Kier alpha value is -6.72. The third-order valence-corrected chi connectivity index (χ3v) is 6.73. The average Bonchev–Trinajstić information content (AvgIpc) is 3.14. The predicted octanol–water partition coefficient (Wildman–Crippen LogP) is -2.08. The summed E-state index contributed by atoms with van der Waals surface area (Å²) in [4.78, 5) is 109. The lowest BCUT2D eigenvalue weighted by atomic mass is 10.2. The van der Waals surface area contributed by atoms with E-state index in [1.807, 2.05) is 0 Å². The van der Waals surface area contributed by atoms with Crippen LogP contribution in [-0.4, -0.2) is 176 Å². The summed E-state index contributed by atoms with van der Waals surface area (Å²) in [5, 5.41) is 46.4. The Morgan fingerprint density at radius 3 is 1.42 bits per heavy atom. The van der Waals surface area contributed by atoms with Gasteiger partial charge in [-0.3, -0.25) is 43.2 Å². The number of carbonyl (C=O) groups is 9. The van der Waals surface area contributed by atoms with Gasteiger partial charge in [0.2, 0.25) is 11.8 Å². The summed E-state index contributed by atoms with van der Waals surface area (Å²) in [5.74, 6) is -8.78. The number of carbonyl (C=O) groups excluding carboxylic acids is 5. The Morgan fingerprint density at radius 2 is 1.04 bits per heavy atom. The first-order valence-electron chi connectivity index (χ1n) is 16.9. The van der Waals surface area contributed by atoms with E-state index in [2.05, 4.69) is 26.0 Å². The van der Waals surface area contributed by atoms with Crippen LogP contribution in [0.5, 0.6) is 11.5 Å². The molecule has 0 spiro atoms. The molecule has 314 valence electrons. The largest absolute Gasteiger partial charge is 0.484 e. The van der Waals surface area contributed by atoms with Crippen LogP contribution in [0.1, 0.15) is 29.6 Å². The number of amides is 5. The predicted molar refractivity (Wildman–Crippen MR) is 189 cm³/mol. The summed E-state index contributed by atoms with van der Waals surface area (Å²) in [6, 6.07) is 3.94. The van der Waals surface area contributed by atoms with Crippen LogP contribution in [0.25, 0.3) is 10.4 Å². The monoisotopic (exact) mass is 812 g/mol. The van der Waals surface area contributed by atoms with E-state index in [0.29, 0.717) is 16.2 Å². The van der Waals surface area contributed by atoms with E-state index < -0.39 is 92.8 Å². The zero-order valence-electron chi connectivity index (χ0n) is 30.6. The first-order chi connectivity index (χ1) is 27.1. The number of carboxylic acids is 4. The van der Waals surface area contributed by atoms with Crippen LogP contribution < -0.4 is 25.4 Å². The van der Waals surface area contributed by atoms with Gasteiger partial charge < -0.3 is 65.1 Å². The van der Waals surface area contributed by atoms with Crippen LogP contribution in [0.15, 0.2) is 23.3 Å². The van der Waals surface area contributed by atoms with Crippen LogP contribution in [0.2, 0.25) is 0 Å². The average molecular weight is 813 g/mol. The lowest BCUT2D eigenvalue weighted by molar-refractivity contribution is -0.150. The van der Waals surface area contributed by atoms with Crippen LogP contribution in [0.3, 0.4) is 0 Å². The molecule has 1 aromatic rings. The molecule has 25 heteroatoms. The topological polar surface area (TPSA) is 363 Å². The summed E-state index contributed by atoms with van der Waals surface area (Å²) >= 11 is 0. The highest BCUT2D eigenvalue weighted by atomic mass is 16.5. The molecule has 0 fully saturated rings. The zero-order chi connectivity index (χ0) is 42.6. The minimum Gasteiger partial charge on any atom is -0.484 e. The first-order valence-corrected chi connectivity index (χ1v) is 16.9. The van der Waals surface area contributed by atoms with E-state index in [-0.39, 0.29) is 82.5 Å². The van der Waals surface area contributed by atoms with Gasteiger partial charge in [-0.15, -0.1) is 0 Å². The SMILES string of the molecule is [N-]=[N+]=NCCCNC(=O)c1cc(OCC(=O)NCCOCCC(=O)N(CC(=O)O)CC(=O)O)cc(OCC(=O)NCCOCCC(=O)N(CC(=O)O)CC(=O)O)c1. The fourth-order valence-corrected chi connectivity index (χ4v) is 4.25. The van der Waals surface area contributed by atoms with Gasteiger partial charge in [-0.05, 0) is 24.1 Å². The number of nitrogens with zero attached hydrogens (tertiary/aromatic N) is 5. The molecule has 7 N–H and O–H groups in total. The maximum Gasteiger partial charge on any atom is 0.323 e. The van der Waals surface area contributed by atoms with Crippen molar-refractivity contribution in [1.82, 2.24) is 25.8 Å². The molecular weight excluding hydrogens is 768 g/mol. The summed E-state index contributed by atoms with van der Waals surface area (Å²) in [6.45, 7) is -4.43. The van der Waals surface area contributed by atoms with E-state index >= 15 is 0 Å². The van der Waals surface area contributed by atoms with Gasteiger partial charge >= 0.3 is 23.9 Å². The molecule has 57 heavy (non-hydrogen) atoms. The summed E-state index contributed by atoms with van der Waals surface area (Å²) in [7, 11) is 0. The second kappa shape index (κ2) is 27.8. The Morgan fingerprint density at radius 1 is 0.614 bits per heavy atom. The van der Waals surface area contributed by atoms with Crippen LogP contribution in [-0.2, 0) is 47.8 Å². The number of ether oxygens (including phenoxy) is 4. The smallest absolute Gasteiger partial charge is 0.323 e. The number of azide groups is 1. The molecule has 1 rings (SSSR count). The Kier molecular flexibility index (Phi) is 23.6. The molecule has 0 radical (unpaired) electrons. The van der Waals surface area contributed by atoms with Gasteiger partial charge in [-0.25, -0.2) is 0 Å². The second-order valence-corrected chi connectivity index (χ2v) is 11.3. The molecule has 0 aliphatic rings. The van der Waals surface area contributed by atoms with Crippen molar-refractivity contribution < 1.29 is 82.5 Å². The van der Waals surface area contributed by atoms with Gasteiger partial charge in [0.15, 0.2) is 13.2 Å². The molecule has 1 aromatic carbocycles. The van der Waals surface area contributed by atoms with Crippen LogP contribution in [0, 0.1) is 0 Å². The number of hydrogen-bond donors (Lipinski definition) is 7. The molecule has 25 nitrogen and oxygen atoms in total. The molecule has 0 saturated heterocycles. The lowest BCUT2D eigenvalue weighted by Gasteiger charge is -2.18. The quantitative estimate of drug-likeness (QED) is 0.0183. The highest BCUT2D eigenvalue weighted by molar-refractivity contribution is 5.95. The number of benzene rings is 1. The maximum atomic E-state index is 12.8. The minimum atomic E-state index is -1.38. The molecule has 0 atom stereocenters. The molecule has 0 saturated carbocycles. The van der Waals surface area contributed by atoms with Gasteiger partial charge in [0.25, 0.3) is 17.7 Å². The third-order valence-electron chi connectivity index (χ3n) is 6.73. The second-order valence-electron chi connectivity index (χ2n) is 11.3. The summed E-state index contributed by atoms with van der Waals surface area (Å²) in [6.07, 6.45) is -0.247. The molecule has 0 aliphatic heterocycles. The van der Waals surface area contributed by atoms with Gasteiger partial charge in [-0.1, -0.05) is 5.11 Å². The molecule has 5 amide bonds. The van der Waals surface area contributed by atoms with Crippen molar-refractivity contribution in [3.8, 4) is 11.5 Å². The number of aliphatic carboxylic acids is 4. The van der Waals surface area contributed by atoms with E-state index in [9.17, 15) is 43.2 Å². The minimum absolute atomic E-state index is 0.0116. The van der Waals surface area contributed by atoms with E-state index in [0.717, 1.165) is 0 Å². The Labute approximate surface area is 323 Å². The standard InChI is InChI=1S/C32H44N8O17/c33-38-37-5-1-4-36-32(53)21-12-22(56-19-24(41)34-6-10-54-8-2-26(43)39(15-28(45)46)16-29(47)48)14-23(13-21)57-20-25(42)35-7-11-55-9-3-27(44)40(17-30(49)50)18-31(51)52/h12-14H,1-11,15-20H2,(H,34,41)(H,35,42)(H,36,53)(H,45,46)(H,47,48)(H,49,50)(H,51,52). The van der Waals surface area contributed by atoms with Crippen molar-refractivity contribution in [1.29, 1.82) is 0 Å². The third kappa shape index (κ3) is 23.6. The van der Waals surface area contributed by atoms with Crippen molar-refractivity contribution in [3.05, 3.63) is 34.2 Å². The molecule has 0 aromatic heterocycles. The van der Waals surface area contributed by atoms with Crippen molar-refractivity contribution in [2.45, 2.75) is 19.3 Å². The lowest BCUT2D eigenvalue weighted by Crippen LogP contribution is -2.39. The van der Waals surface area contributed by atoms with Gasteiger partial charge in [0.1, 0.15) is 37.7 Å². The number of rotatable bonds is 31. The number of carboxylic acid groups (broad SMARTS) is 4. The number of nitrogens with one attached hydrogen (secondary N) is 3. The summed E-state index contributed by atoms with van der Waals surface area (Å²) < 4.78 is 21.5. The molecule has 0 heterocycles. The van der Waals surface area contributed by atoms with Gasteiger partial charge in [0, 0.05) is 42.7 Å². The van der Waals surface area contributed by atoms with Crippen LogP contribution in [0.4, 0.5) is 0 Å². The van der Waals surface area contributed by atoms with E-state index in [1.54, 1.807) is 0 Å². The van der Waals surface area contributed by atoms with Crippen molar-refractivity contribution in [3.63, 3.8) is 0 Å². The highest BCUT2D eigenvalue weighted by Crippen LogP contribution is 2.23. The number of hydrogen-bond acceptors (Lipinski definition) is 14. The molecule has 0 unspecified atom stereocenters. The van der Waals surface area contributed by atoms with Crippen LogP contribution >= 0.6 is 0 Å². The zero-order valence-corrected chi connectivity index (χ0v) is 30.6. The van der Waals surface area contributed by atoms with Crippen molar-refractivity contribution in [2.24, 2.45) is 5.11 Å². The fourth-order valence-electron chi connectivity index (χ4n) is 4.25. The maximum absolute atomic E-state index is 12.8. The Balaban J connectivity index is 2.64. The fraction of sp³-hybridized carbons (Fsp3) is 0.531. The van der Waals surface area contributed by atoms with Gasteiger partial charge in [-0.2, -0.15) is 0 Å². The molecular formula is C32H44N8O17. The van der Waals surface area contributed by atoms with Gasteiger partial charge in [0.05, 0.1) is 39.3 Å². The first kappa shape index (κ1) is 48.3. The Bertz CT molecular complexity index is 1490. The van der Waals surface area contributed by atoms with Crippen molar-refractivity contribution >= 4 is 53.4 Å². The van der Waals surface area contributed by atoms with E-state index in [1.165, 1.54) is 18.2 Å². The normalized spacial score (nSPS) is 10.2. The summed E-state index contributed by atoms with van der Waals surface area (Å²) in [5.41, 5.74) is 8.44.